The van der Waals surface area contributed by atoms with Crippen molar-refractivity contribution in [2.24, 2.45) is 13.0 Å². The third-order valence-corrected chi connectivity index (χ3v) is 5.02. The molecule has 7 heteroatoms. The quantitative estimate of drug-likeness (QED) is 0.712. The van der Waals surface area contributed by atoms with Gasteiger partial charge in [-0.3, -0.25) is 14.8 Å². The first kappa shape index (κ1) is 17.3. The lowest BCUT2D eigenvalue weighted by atomic mass is 9.92. The van der Waals surface area contributed by atoms with Crippen molar-refractivity contribution in [1.29, 1.82) is 0 Å². The lowest BCUT2D eigenvalue weighted by Crippen LogP contribution is -2.39. The highest BCUT2D eigenvalue weighted by atomic mass is 16.2. The smallest absolute Gasteiger partial charge is 0.272 e. The summed E-state index contributed by atoms with van der Waals surface area (Å²) in [6.07, 6.45) is 11.7. The van der Waals surface area contributed by atoms with Gasteiger partial charge in [0.1, 0.15) is 11.4 Å². The van der Waals surface area contributed by atoms with Crippen molar-refractivity contribution in [3.05, 3.63) is 60.6 Å². The molecule has 1 fully saturated rings. The van der Waals surface area contributed by atoms with E-state index < -0.39 is 0 Å². The van der Waals surface area contributed by atoms with Gasteiger partial charge in [-0.05, 0) is 37.3 Å². The SMILES string of the molecule is Cn1ccnc1-c1cncc(CC2CCN(C(=O)c3ccccn3)CC2)n1. The van der Waals surface area contributed by atoms with E-state index in [2.05, 4.69) is 15.0 Å². The minimum absolute atomic E-state index is 0.0191. The van der Waals surface area contributed by atoms with E-state index in [9.17, 15) is 4.79 Å². The number of aromatic nitrogens is 5. The molecule has 0 saturated carbocycles. The fourth-order valence-corrected chi connectivity index (χ4v) is 3.51. The maximum atomic E-state index is 12.5. The fourth-order valence-electron chi connectivity index (χ4n) is 3.51. The summed E-state index contributed by atoms with van der Waals surface area (Å²) in [5.41, 5.74) is 2.29. The minimum Gasteiger partial charge on any atom is -0.337 e. The van der Waals surface area contributed by atoms with Crippen molar-refractivity contribution in [3.63, 3.8) is 0 Å². The number of rotatable bonds is 4. The number of hydrogen-bond donors (Lipinski definition) is 0. The molecule has 1 amide bonds. The van der Waals surface area contributed by atoms with Crippen molar-refractivity contribution in [2.75, 3.05) is 13.1 Å². The van der Waals surface area contributed by atoms with Gasteiger partial charge in [0.15, 0.2) is 5.82 Å². The van der Waals surface area contributed by atoms with E-state index >= 15 is 0 Å². The third-order valence-electron chi connectivity index (χ3n) is 5.02. The first-order valence-electron chi connectivity index (χ1n) is 9.19. The lowest BCUT2D eigenvalue weighted by Gasteiger charge is -2.31. The average Bonchev–Trinajstić information content (AvgIpc) is 3.15. The lowest BCUT2D eigenvalue weighted by molar-refractivity contribution is 0.0684. The van der Waals surface area contributed by atoms with E-state index in [4.69, 9.17) is 4.98 Å². The molecular weight excluding hydrogens is 340 g/mol. The van der Waals surface area contributed by atoms with Crippen LogP contribution in [-0.4, -0.2) is 48.4 Å². The van der Waals surface area contributed by atoms with Gasteiger partial charge in [-0.25, -0.2) is 9.97 Å². The van der Waals surface area contributed by atoms with Crippen LogP contribution >= 0.6 is 0 Å². The van der Waals surface area contributed by atoms with Crippen LogP contribution in [0.1, 0.15) is 29.0 Å². The Morgan fingerprint density at radius 1 is 1.15 bits per heavy atom. The Bertz CT molecular complexity index is 915. The van der Waals surface area contributed by atoms with Gasteiger partial charge in [-0.15, -0.1) is 0 Å². The third kappa shape index (κ3) is 3.86. The second kappa shape index (κ2) is 7.65. The molecule has 27 heavy (non-hydrogen) atoms. The predicted molar refractivity (Wildman–Crippen MR) is 101 cm³/mol. The van der Waals surface area contributed by atoms with E-state index in [1.54, 1.807) is 24.7 Å². The van der Waals surface area contributed by atoms with Crippen LogP contribution in [0.5, 0.6) is 0 Å². The van der Waals surface area contributed by atoms with Gasteiger partial charge in [-0.1, -0.05) is 6.07 Å². The average molecular weight is 362 g/mol. The largest absolute Gasteiger partial charge is 0.337 e. The molecule has 3 aromatic heterocycles. The van der Waals surface area contributed by atoms with Crippen LogP contribution in [0.15, 0.2) is 49.2 Å². The zero-order valence-corrected chi connectivity index (χ0v) is 15.3. The summed E-state index contributed by atoms with van der Waals surface area (Å²) in [5.74, 6) is 1.34. The normalized spacial score (nSPS) is 15.1. The molecule has 1 aliphatic heterocycles. The molecule has 0 spiro atoms. The molecule has 0 N–H and O–H groups in total. The number of nitrogens with zero attached hydrogens (tertiary/aromatic N) is 6. The molecular formula is C20H22N6O. The molecule has 0 bridgehead atoms. The Morgan fingerprint density at radius 3 is 2.70 bits per heavy atom. The predicted octanol–water partition coefficient (Wildman–Crippen LogP) is 2.37. The minimum atomic E-state index is 0.0191. The van der Waals surface area contributed by atoms with Crippen molar-refractivity contribution < 1.29 is 4.79 Å². The summed E-state index contributed by atoms with van der Waals surface area (Å²) in [6.45, 7) is 1.51. The van der Waals surface area contributed by atoms with Crippen LogP contribution < -0.4 is 0 Å². The highest BCUT2D eigenvalue weighted by molar-refractivity contribution is 5.92. The van der Waals surface area contributed by atoms with Crippen LogP contribution in [0.4, 0.5) is 0 Å². The zero-order chi connectivity index (χ0) is 18.6. The van der Waals surface area contributed by atoms with E-state index in [0.717, 1.165) is 49.6 Å². The Morgan fingerprint density at radius 2 is 2.00 bits per heavy atom. The number of likely N-dealkylation sites (tertiary alicyclic amines) is 1. The van der Waals surface area contributed by atoms with Gasteiger partial charge in [-0.2, -0.15) is 0 Å². The van der Waals surface area contributed by atoms with Crippen LogP contribution in [0, 0.1) is 5.92 Å². The number of amides is 1. The van der Waals surface area contributed by atoms with E-state index in [-0.39, 0.29) is 5.91 Å². The van der Waals surface area contributed by atoms with Gasteiger partial charge >= 0.3 is 0 Å². The maximum Gasteiger partial charge on any atom is 0.272 e. The van der Waals surface area contributed by atoms with E-state index in [0.29, 0.717) is 11.6 Å². The molecule has 4 heterocycles. The van der Waals surface area contributed by atoms with Gasteiger partial charge in [0.2, 0.25) is 0 Å². The van der Waals surface area contributed by atoms with E-state index in [1.165, 1.54) is 0 Å². The summed E-state index contributed by atoms with van der Waals surface area (Å²) >= 11 is 0. The Kier molecular flexibility index (Phi) is 4.91. The summed E-state index contributed by atoms with van der Waals surface area (Å²) in [6, 6.07) is 5.44. The molecule has 1 aliphatic rings. The highest BCUT2D eigenvalue weighted by Crippen LogP contribution is 2.23. The number of hydrogen-bond acceptors (Lipinski definition) is 5. The maximum absolute atomic E-state index is 12.5. The zero-order valence-electron chi connectivity index (χ0n) is 15.3. The fraction of sp³-hybridized carbons (Fsp3) is 0.350. The number of carbonyl (C=O) groups excluding carboxylic acids is 1. The first-order chi connectivity index (χ1) is 13.2. The molecule has 138 valence electrons. The number of pyridine rings is 1. The van der Waals surface area contributed by atoms with Crippen LogP contribution in [0.25, 0.3) is 11.5 Å². The van der Waals surface area contributed by atoms with Crippen LogP contribution in [-0.2, 0) is 13.5 Å². The summed E-state index contributed by atoms with van der Waals surface area (Å²) < 4.78 is 1.94. The monoisotopic (exact) mass is 362 g/mol. The van der Waals surface area contributed by atoms with E-state index in [1.807, 2.05) is 41.0 Å². The van der Waals surface area contributed by atoms with Crippen molar-refractivity contribution in [2.45, 2.75) is 19.3 Å². The van der Waals surface area contributed by atoms with Crippen molar-refractivity contribution >= 4 is 5.91 Å². The molecule has 1 saturated heterocycles. The summed E-state index contributed by atoms with van der Waals surface area (Å²) in [7, 11) is 1.95. The van der Waals surface area contributed by atoms with Crippen LogP contribution in [0.2, 0.25) is 0 Å². The molecule has 0 aliphatic carbocycles. The first-order valence-corrected chi connectivity index (χ1v) is 9.19. The molecule has 0 atom stereocenters. The second-order valence-electron chi connectivity index (χ2n) is 6.91. The van der Waals surface area contributed by atoms with Gasteiger partial charge < -0.3 is 9.47 Å². The number of imidazole rings is 1. The molecule has 0 radical (unpaired) electrons. The van der Waals surface area contributed by atoms with Crippen molar-refractivity contribution in [1.82, 2.24) is 29.4 Å². The Hall–Kier alpha value is -3.09. The molecule has 3 aromatic rings. The topological polar surface area (TPSA) is 76.8 Å². The Labute approximate surface area is 158 Å². The van der Waals surface area contributed by atoms with Gasteiger partial charge in [0.05, 0.1) is 11.9 Å². The Balaban J connectivity index is 1.37. The second-order valence-corrected chi connectivity index (χ2v) is 6.91. The molecule has 4 rings (SSSR count). The van der Waals surface area contributed by atoms with Crippen molar-refractivity contribution in [3.8, 4) is 11.5 Å². The summed E-state index contributed by atoms with van der Waals surface area (Å²) in [4.78, 5) is 32.0. The molecule has 0 aromatic carbocycles. The number of piperidine rings is 1. The van der Waals surface area contributed by atoms with Crippen LogP contribution in [0.3, 0.4) is 0 Å². The summed E-state index contributed by atoms with van der Waals surface area (Å²) in [5, 5.41) is 0. The number of carbonyl (C=O) groups is 1. The molecule has 7 nitrogen and oxygen atoms in total. The van der Waals surface area contributed by atoms with Gasteiger partial charge in [0, 0.05) is 44.9 Å². The number of aryl methyl sites for hydroxylation is 1. The standard InChI is InChI=1S/C20H22N6O/c1-25-11-8-23-19(25)18-14-21-13-16(24-18)12-15-5-9-26(10-6-15)20(27)17-4-2-3-7-22-17/h2-4,7-8,11,13-15H,5-6,9-10,12H2,1H3. The highest BCUT2D eigenvalue weighted by Gasteiger charge is 2.24. The van der Waals surface area contributed by atoms with Gasteiger partial charge in [0.25, 0.3) is 5.91 Å². The molecule has 0 unspecified atom stereocenters.